The summed E-state index contributed by atoms with van der Waals surface area (Å²) in [7, 11) is 0. The minimum Gasteiger partial charge on any atom is -0.356 e. The summed E-state index contributed by atoms with van der Waals surface area (Å²) in [5, 5.41) is 11.0. The second-order valence-corrected chi connectivity index (χ2v) is 3.89. The molecule has 1 aromatic carbocycles. The molecular weight excluding hydrogens is 257 g/mol. The summed E-state index contributed by atoms with van der Waals surface area (Å²) in [5.74, 6) is 0.566. The number of halogens is 2. The Morgan fingerprint density at radius 3 is 2.53 bits per heavy atom. The molecule has 1 fully saturated rings. The van der Waals surface area contributed by atoms with Gasteiger partial charge < -0.3 is 10.2 Å². The minimum absolute atomic E-state index is 0. The highest BCUT2D eigenvalue weighted by Crippen LogP contribution is 2.07. The molecule has 2 rings (SSSR count). The number of rotatable bonds is 2. The third kappa shape index (κ3) is 4.84. The van der Waals surface area contributed by atoms with Crippen molar-refractivity contribution in [3.05, 3.63) is 35.9 Å². The molecule has 1 aliphatic heterocycles. The van der Waals surface area contributed by atoms with E-state index in [4.69, 9.17) is 5.41 Å². The third-order valence-corrected chi connectivity index (χ3v) is 2.68. The van der Waals surface area contributed by atoms with E-state index in [1.807, 2.05) is 18.2 Å². The van der Waals surface area contributed by atoms with Gasteiger partial charge in [-0.3, -0.25) is 5.41 Å². The molecule has 0 spiro atoms. The number of hydrogen-bond acceptors (Lipinski definition) is 1. The van der Waals surface area contributed by atoms with E-state index >= 15 is 0 Å². The molecule has 0 saturated carbocycles. The van der Waals surface area contributed by atoms with E-state index in [0.717, 1.165) is 26.1 Å². The maximum absolute atomic E-state index is 7.85. The number of guanidine groups is 1. The summed E-state index contributed by atoms with van der Waals surface area (Å²) in [6.45, 7) is 2.76. The fourth-order valence-corrected chi connectivity index (χ4v) is 1.82. The first-order valence-corrected chi connectivity index (χ1v) is 5.47. The Kier molecular flexibility index (Phi) is 7.75. The molecule has 2 N–H and O–H groups in total. The van der Waals surface area contributed by atoms with E-state index in [1.165, 1.54) is 12.0 Å². The van der Waals surface area contributed by atoms with Crippen molar-refractivity contribution in [1.29, 1.82) is 5.41 Å². The van der Waals surface area contributed by atoms with Crippen LogP contribution < -0.4 is 5.32 Å². The third-order valence-electron chi connectivity index (χ3n) is 2.68. The molecule has 1 aliphatic rings. The van der Waals surface area contributed by atoms with Gasteiger partial charge in [-0.15, -0.1) is 24.8 Å². The molecule has 0 atom stereocenters. The SMILES string of the molecule is Cl.Cl.N=C1NCCCCN1Cc1ccccc1. The van der Waals surface area contributed by atoms with Gasteiger partial charge in [-0.1, -0.05) is 30.3 Å². The second kappa shape index (κ2) is 8.20. The van der Waals surface area contributed by atoms with Gasteiger partial charge in [-0.2, -0.15) is 0 Å². The zero-order valence-corrected chi connectivity index (χ0v) is 11.3. The predicted molar refractivity (Wildman–Crippen MR) is 76.3 cm³/mol. The van der Waals surface area contributed by atoms with E-state index in [2.05, 4.69) is 22.3 Å². The molecule has 0 aliphatic carbocycles. The quantitative estimate of drug-likeness (QED) is 0.871. The Morgan fingerprint density at radius 1 is 1.12 bits per heavy atom. The van der Waals surface area contributed by atoms with Gasteiger partial charge in [0.2, 0.25) is 0 Å². The van der Waals surface area contributed by atoms with E-state index in [0.29, 0.717) is 5.96 Å². The van der Waals surface area contributed by atoms with Crippen LogP contribution in [-0.2, 0) is 6.54 Å². The molecule has 96 valence electrons. The zero-order chi connectivity index (χ0) is 10.5. The van der Waals surface area contributed by atoms with Gasteiger partial charge in [-0.05, 0) is 18.4 Å². The van der Waals surface area contributed by atoms with Crippen molar-refractivity contribution < 1.29 is 0 Å². The number of hydrogen-bond donors (Lipinski definition) is 2. The Hall–Kier alpha value is -0.930. The average Bonchev–Trinajstić information content (AvgIpc) is 2.46. The summed E-state index contributed by atoms with van der Waals surface area (Å²) in [6, 6.07) is 10.3. The monoisotopic (exact) mass is 275 g/mol. The lowest BCUT2D eigenvalue weighted by Crippen LogP contribution is -2.38. The molecule has 17 heavy (non-hydrogen) atoms. The maximum atomic E-state index is 7.85. The smallest absolute Gasteiger partial charge is 0.191 e. The number of nitrogens with one attached hydrogen (secondary N) is 2. The summed E-state index contributed by atoms with van der Waals surface area (Å²) in [5.41, 5.74) is 1.27. The van der Waals surface area contributed by atoms with Crippen molar-refractivity contribution >= 4 is 30.8 Å². The lowest BCUT2D eigenvalue weighted by atomic mass is 10.2. The molecule has 3 nitrogen and oxygen atoms in total. The first-order valence-electron chi connectivity index (χ1n) is 5.47. The summed E-state index contributed by atoms with van der Waals surface area (Å²) in [6.07, 6.45) is 2.33. The highest BCUT2D eigenvalue weighted by Gasteiger charge is 2.12. The normalized spacial score (nSPS) is 15.1. The van der Waals surface area contributed by atoms with Crippen LogP contribution in [0.2, 0.25) is 0 Å². The fourth-order valence-electron chi connectivity index (χ4n) is 1.82. The van der Waals surface area contributed by atoms with Crippen LogP contribution in [-0.4, -0.2) is 23.9 Å². The Balaban J connectivity index is 0.00000128. The van der Waals surface area contributed by atoms with Gasteiger partial charge in [0.05, 0.1) is 0 Å². The van der Waals surface area contributed by atoms with Crippen LogP contribution in [0.15, 0.2) is 30.3 Å². The van der Waals surface area contributed by atoms with Crippen molar-refractivity contribution in [2.45, 2.75) is 19.4 Å². The number of nitrogens with zero attached hydrogens (tertiary/aromatic N) is 1. The summed E-state index contributed by atoms with van der Waals surface area (Å²) in [4.78, 5) is 2.10. The molecule has 0 unspecified atom stereocenters. The van der Waals surface area contributed by atoms with Gasteiger partial charge in [0.1, 0.15) is 0 Å². The van der Waals surface area contributed by atoms with Crippen LogP contribution in [0.3, 0.4) is 0 Å². The second-order valence-electron chi connectivity index (χ2n) is 3.89. The fraction of sp³-hybridized carbons (Fsp3) is 0.417. The highest BCUT2D eigenvalue weighted by atomic mass is 35.5. The lowest BCUT2D eigenvalue weighted by molar-refractivity contribution is 0.403. The van der Waals surface area contributed by atoms with Gasteiger partial charge in [0, 0.05) is 19.6 Å². The van der Waals surface area contributed by atoms with E-state index < -0.39 is 0 Å². The molecule has 1 saturated heterocycles. The highest BCUT2D eigenvalue weighted by molar-refractivity contribution is 5.85. The predicted octanol–water partition coefficient (Wildman–Crippen LogP) is 2.65. The molecular formula is C12H19Cl2N3. The van der Waals surface area contributed by atoms with Crippen molar-refractivity contribution in [2.24, 2.45) is 0 Å². The summed E-state index contributed by atoms with van der Waals surface area (Å²) < 4.78 is 0. The van der Waals surface area contributed by atoms with Crippen LogP contribution in [0, 0.1) is 5.41 Å². The molecule has 0 aromatic heterocycles. The molecule has 1 heterocycles. The van der Waals surface area contributed by atoms with Crippen LogP contribution in [0.5, 0.6) is 0 Å². The first kappa shape index (κ1) is 16.1. The van der Waals surface area contributed by atoms with Crippen LogP contribution in [0.4, 0.5) is 0 Å². The maximum Gasteiger partial charge on any atom is 0.191 e. The van der Waals surface area contributed by atoms with Gasteiger partial charge in [-0.25, -0.2) is 0 Å². The minimum atomic E-state index is 0. The van der Waals surface area contributed by atoms with Crippen LogP contribution in [0.25, 0.3) is 0 Å². The zero-order valence-electron chi connectivity index (χ0n) is 9.69. The topological polar surface area (TPSA) is 39.1 Å². The van der Waals surface area contributed by atoms with Crippen molar-refractivity contribution in [3.8, 4) is 0 Å². The average molecular weight is 276 g/mol. The molecule has 5 heteroatoms. The van der Waals surface area contributed by atoms with Gasteiger partial charge in [0.15, 0.2) is 5.96 Å². The molecule has 0 amide bonds. The Bertz CT molecular complexity index is 330. The summed E-state index contributed by atoms with van der Waals surface area (Å²) >= 11 is 0. The van der Waals surface area contributed by atoms with Crippen molar-refractivity contribution in [1.82, 2.24) is 10.2 Å². The largest absolute Gasteiger partial charge is 0.356 e. The van der Waals surface area contributed by atoms with Crippen molar-refractivity contribution in [2.75, 3.05) is 13.1 Å². The van der Waals surface area contributed by atoms with Crippen LogP contribution >= 0.6 is 24.8 Å². The molecule has 0 radical (unpaired) electrons. The number of benzene rings is 1. The van der Waals surface area contributed by atoms with Gasteiger partial charge in [0.25, 0.3) is 0 Å². The van der Waals surface area contributed by atoms with E-state index in [-0.39, 0.29) is 24.8 Å². The van der Waals surface area contributed by atoms with Crippen molar-refractivity contribution in [3.63, 3.8) is 0 Å². The Labute approximate surface area is 115 Å². The Morgan fingerprint density at radius 2 is 1.82 bits per heavy atom. The molecule has 1 aromatic rings. The van der Waals surface area contributed by atoms with Gasteiger partial charge >= 0.3 is 0 Å². The standard InChI is InChI=1S/C12H17N3.2ClH/c13-12-14-8-4-5-9-15(12)10-11-6-2-1-3-7-11;;/h1-3,6-7H,4-5,8-10H2,(H2,13,14);2*1H. The molecule has 0 bridgehead atoms. The first-order chi connectivity index (χ1) is 7.36. The van der Waals surface area contributed by atoms with E-state index in [1.54, 1.807) is 0 Å². The van der Waals surface area contributed by atoms with Crippen LogP contribution in [0.1, 0.15) is 18.4 Å². The van der Waals surface area contributed by atoms with E-state index in [9.17, 15) is 0 Å². The lowest BCUT2D eigenvalue weighted by Gasteiger charge is -2.22.